The molecule has 4 rings (SSSR count). The van der Waals surface area contributed by atoms with Gasteiger partial charge in [0.15, 0.2) is 0 Å². The molecule has 0 fully saturated rings. The number of aromatic nitrogens is 3. The molecule has 28 heavy (non-hydrogen) atoms. The monoisotopic (exact) mass is 394 g/mol. The minimum Gasteiger partial charge on any atom is -0.352 e. The molecule has 1 amide bonds. The maximum atomic E-state index is 13.0. The molecular weight excluding hydrogens is 376 g/mol. The molecule has 2 aromatic heterocycles. The summed E-state index contributed by atoms with van der Waals surface area (Å²) in [5.41, 5.74) is 2.66. The van der Waals surface area contributed by atoms with Crippen molar-refractivity contribution in [2.75, 3.05) is 6.54 Å². The minimum atomic E-state index is -0.219. The molecule has 0 saturated carbocycles. The van der Waals surface area contributed by atoms with Crippen LogP contribution >= 0.6 is 11.6 Å². The quantitative estimate of drug-likeness (QED) is 0.507. The van der Waals surface area contributed by atoms with E-state index in [1.165, 1.54) is 0 Å². The van der Waals surface area contributed by atoms with Crippen LogP contribution in [0.1, 0.15) is 22.5 Å². The zero-order chi connectivity index (χ0) is 19.7. The van der Waals surface area contributed by atoms with E-state index in [1.807, 2.05) is 31.2 Å². The van der Waals surface area contributed by atoms with Gasteiger partial charge >= 0.3 is 0 Å². The zero-order valence-electron chi connectivity index (χ0n) is 15.3. The van der Waals surface area contributed by atoms with Crippen LogP contribution in [0.2, 0.25) is 5.02 Å². The highest BCUT2D eigenvalue weighted by atomic mass is 35.5. The van der Waals surface area contributed by atoms with Crippen LogP contribution in [0.5, 0.6) is 0 Å². The molecule has 0 saturated heterocycles. The zero-order valence-corrected chi connectivity index (χ0v) is 16.1. The number of carbonyl (C=O) groups is 1. The van der Waals surface area contributed by atoms with E-state index in [4.69, 9.17) is 11.6 Å². The smallest absolute Gasteiger partial charge is 0.262 e. The highest BCUT2D eigenvalue weighted by Crippen LogP contribution is 2.22. The molecule has 142 valence electrons. The van der Waals surface area contributed by atoms with Crippen molar-refractivity contribution in [1.29, 1.82) is 0 Å². The topological polar surface area (TPSA) is 79.8 Å². The number of aromatic amines is 1. The summed E-state index contributed by atoms with van der Waals surface area (Å²) in [6.45, 7) is 2.77. The van der Waals surface area contributed by atoms with Gasteiger partial charge in [0.05, 0.1) is 21.5 Å². The Labute approximate surface area is 166 Å². The largest absolute Gasteiger partial charge is 0.352 e. The van der Waals surface area contributed by atoms with Crippen molar-refractivity contribution in [3.63, 3.8) is 0 Å². The Morgan fingerprint density at radius 1 is 1.18 bits per heavy atom. The second-order valence-corrected chi connectivity index (χ2v) is 7.04. The minimum absolute atomic E-state index is 0.0719. The average molecular weight is 395 g/mol. The fourth-order valence-electron chi connectivity index (χ4n) is 3.44. The third-order valence-electron chi connectivity index (χ3n) is 4.82. The second-order valence-electron chi connectivity index (χ2n) is 6.64. The predicted molar refractivity (Wildman–Crippen MR) is 111 cm³/mol. The van der Waals surface area contributed by atoms with Crippen molar-refractivity contribution < 1.29 is 4.79 Å². The third-order valence-corrected chi connectivity index (χ3v) is 5.15. The van der Waals surface area contributed by atoms with Gasteiger partial charge in [-0.15, -0.1) is 0 Å². The first kappa shape index (κ1) is 18.3. The van der Waals surface area contributed by atoms with E-state index in [-0.39, 0.29) is 11.5 Å². The first-order valence-electron chi connectivity index (χ1n) is 9.07. The Balaban J connectivity index is 1.56. The van der Waals surface area contributed by atoms with E-state index < -0.39 is 0 Å². The lowest BCUT2D eigenvalue weighted by atomic mass is 10.1. The Morgan fingerprint density at radius 2 is 1.93 bits per heavy atom. The summed E-state index contributed by atoms with van der Waals surface area (Å²) >= 11 is 6.06. The third kappa shape index (κ3) is 3.16. The first-order valence-corrected chi connectivity index (χ1v) is 9.44. The van der Waals surface area contributed by atoms with Crippen LogP contribution in [0.25, 0.3) is 21.8 Å². The van der Waals surface area contributed by atoms with Crippen LogP contribution in [0.4, 0.5) is 0 Å². The number of aryl methyl sites for hydroxylation is 2. The van der Waals surface area contributed by atoms with Gasteiger partial charge in [-0.3, -0.25) is 14.7 Å². The van der Waals surface area contributed by atoms with Gasteiger partial charge in [0.1, 0.15) is 5.52 Å². The Morgan fingerprint density at radius 3 is 2.75 bits per heavy atom. The van der Waals surface area contributed by atoms with Crippen LogP contribution in [0.3, 0.4) is 0 Å². The van der Waals surface area contributed by atoms with E-state index in [0.717, 1.165) is 16.6 Å². The molecule has 4 aromatic rings. The van der Waals surface area contributed by atoms with Gasteiger partial charge in [-0.25, -0.2) is 0 Å². The Bertz CT molecular complexity index is 1240. The van der Waals surface area contributed by atoms with Crippen molar-refractivity contribution in [2.45, 2.75) is 19.9 Å². The van der Waals surface area contributed by atoms with E-state index in [2.05, 4.69) is 15.5 Å². The van der Waals surface area contributed by atoms with Gasteiger partial charge in [0.2, 0.25) is 0 Å². The number of carbonyl (C=O) groups excluding carboxylic acids is 1. The first-order chi connectivity index (χ1) is 13.6. The fourth-order valence-corrected chi connectivity index (χ4v) is 3.66. The van der Waals surface area contributed by atoms with Crippen LogP contribution < -0.4 is 10.9 Å². The maximum absolute atomic E-state index is 13.0. The molecule has 6 nitrogen and oxygen atoms in total. The summed E-state index contributed by atoms with van der Waals surface area (Å²) in [5, 5.41) is 12.0. The van der Waals surface area contributed by atoms with Gasteiger partial charge in [-0.05, 0) is 31.5 Å². The number of nitrogens with zero attached hydrogens (tertiary/aromatic N) is 2. The standard InChI is InChI=1S/C21H19ClN4O2/c1-13-18-19(25-24-13)15-8-3-5-10-17(15)26(21(18)28)12-6-11-23-20(27)14-7-2-4-9-16(14)22/h2-5,7-10H,6,11-12H2,1H3,(H,23,27)(H,24,25). The predicted octanol–water partition coefficient (Wildman–Crippen LogP) is 3.66. The van der Waals surface area contributed by atoms with Gasteiger partial charge in [0, 0.05) is 24.2 Å². The van der Waals surface area contributed by atoms with Crippen molar-refractivity contribution in [3.05, 3.63) is 75.2 Å². The van der Waals surface area contributed by atoms with Gasteiger partial charge < -0.3 is 9.88 Å². The number of para-hydroxylation sites is 1. The molecule has 2 aromatic carbocycles. The van der Waals surface area contributed by atoms with Crippen molar-refractivity contribution >= 4 is 39.3 Å². The number of nitrogens with one attached hydrogen (secondary N) is 2. The lowest BCUT2D eigenvalue weighted by Gasteiger charge is -2.12. The lowest BCUT2D eigenvalue weighted by molar-refractivity contribution is 0.0953. The molecule has 7 heteroatoms. The van der Waals surface area contributed by atoms with Crippen molar-refractivity contribution in [3.8, 4) is 0 Å². The second kappa shape index (κ2) is 7.48. The summed E-state index contributed by atoms with van der Waals surface area (Å²) in [6, 6.07) is 14.7. The summed E-state index contributed by atoms with van der Waals surface area (Å²) < 4.78 is 1.75. The number of H-pyrrole nitrogens is 1. The number of hydrogen-bond donors (Lipinski definition) is 2. The van der Waals surface area contributed by atoms with E-state index in [1.54, 1.807) is 28.8 Å². The van der Waals surface area contributed by atoms with E-state index in [9.17, 15) is 9.59 Å². The van der Waals surface area contributed by atoms with Crippen LogP contribution in [0.15, 0.2) is 53.3 Å². The normalized spacial score (nSPS) is 11.2. The molecular formula is C21H19ClN4O2. The fraction of sp³-hybridized carbons (Fsp3) is 0.190. The molecule has 0 spiro atoms. The molecule has 0 aliphatic heterocycles. The molecule has 0 radical (unpaired) electrons. The maximum Gasteiger partial charge on any atom is 0.262 e. The number of amides is 1. The van der Waals surface area contributed by atoms with Crippen LogP contribution in [0, 0.1) is 6.92 Å². The summed E-state index contributed by atoms with van der Waals surface area (Å²) in [7, 11) is 0. The van der Waals surface area contributed by atoms with Crippen molar-refractivity contribution in [2.24, 2.45) is 0 Å². The van der Waals surface area contributed by atoms with E-state index in [0.29, 0.717) is 41.0 Å². The Kier molecular flexibility index (Phi) is 4.88. The molecule has 0 atom stereocenters. The van der Waals surface area contributed by atoms with Gasteiger partial charge in [-0.1, -0.05) is 41.9 Å². The van der Waals surface area contributed by atoms with Gasteiger partial charge in [-0.2, -0.15) is 5.10 Å². The molecule has 0 bridgehead atoms. The van der Waals surface area contributed by atoms with E-state index >= 15 is 0 Å². The number of pyridine rings is 1. The number of hydrogen-bond acceptors (Lipinski definition) is 3. The van der Waals surface area contributed by atoms with Crippen LogP contribution in [-0.4, -0.2) is 27.2 Å². The molecule has 0 aliphatic carbocycles. The number of benzene rings is 2. The lowest BCUT2D eigenvalue weighted by Crippen LogP contribution is -2.27. The molecule has 0 aliphatic rings. The average Bonchev–Trinajstić information content (AvgIpc) is 3.09. The highest BCUT2D eigenvalue weighted by molar-refractivity contribution is 6.33. The van der Waals surface area contributed by atoms with Crippen molar-refractivity contribution in [1.82, 2.24) is 20.1 Å². The Hall–Kier alpha value is -3.12. The molecule has 2 heterocycles. The molecule has 2 N–H and O–H groups in total. The molecule has 0 unspecified atom stereocenters. The summed E-state index contributed by atoms with van der Waals surface area (Å²) in [5.74, 6) is -0.219. The summed E-state index contributed by atoms with van der Waals surface area (Å²) in [4.78, 5) is 25.3. The SMILES string of the molecule is Cc1[nH]nc2c1c(=O)n(CCCNC(=O)c1ccccc1Cl)c1ccccc21. The number of fused-ring (bicyclic) bond motifs is 3. The number of rotatable bonds is 5. The number of halogens is 1. The van der Waals surface area contributed by atoms with Crippen LogP contribution in [-0.2, 0) is 6.54 Å². The summed E-state index contributed by atoms with van der Waals surface area (Å²) in [6.07, 6.45) is 0.614. The highest BCUT2D eigenvalue weighted by Gasteiger charge is 2.15. The van der Waals surface area contributed by atoms with Gasteiger partial charge in [0.25, 0.3) is 11.5 Å².